The minimum absolute atomic E-state index is 0.320. The van der Waals surface area contributed by atoms with Crippen molar-refractivity contribution in [3.63, 3.8) is 0 Å². The maximum Gasteiger partial charge on any atom is 0.332 e. The summed E-state index contributed by atoms with van der Waals surface area (Å²) in [7, 11) is 0. The first-order valence-electron chi connectivity index (χ1n) is 15.3. The molecule has 0 saturated carbocycles. The number of benzene rings is 6. The molecule has 216 valence electrons. The van der Waals surface area contributed by atoms with Crippen molar-refractivity contribution < 1.29 is 4.42 Å². The zero-order valence-corrected chi connectivity index (χ0v) is 25.0. The maximum atomic E-state index is 10.5. The van der Waals surface area contributed by atoms with Crippen LogP contribution in [0.2, 0.25) is 0 Å². The van der Waals surface area contributed by atoms with Crippen molar-refractivity contribution in [3.8, 4) is 23.9 Å². The molecule has 1 aliphatic heterocycles. The summed E-state index contributed by atoms with van der Waals surface area (Å²) in [6.07, 6.45) is 0. The van der Waals surface area contributed by atoms with Crippen LogP contribution in [0.1, 0.15) is 16.7 Å². The van der Waals surface area contributed by atoms with E-state index in [2.05, 4.69) is 80.6 Å². The van der Waals surface area contributed by atoms with Gasteiger partial charge in [0.05, 0.1) is 62.9 Å². The van der Waals surface area contributed by atoms with E-state index in [1.54, 1.807) is 24.3 Å². The monoisotopic (exact) mass is 608 g/mol. The van der Waals surface area contributed by atoms with Gasteiger partial charge in [-0.2, -0.15) is 15.8 Å². The summed E-state index contributed by atoms with van der Waals surface area (Å²) in [6, 6.07) is 40.5. The van der Waals surface area contributed by atoms with Crippen molar-refractivity contribution >= 4 is 89.0 Å². The van der Waals surface area contributed by atoms with Gasteiger partial charge in [-0.3, -0.25) is 0 Å². The number of hydrogen-bond acceptors (Lipinski definition) is 4. The Morgan fingerprint density at radius 3 is 2.19 bits per heavy atom. The first-order valence-corrected chi connectivity index (χ1v) is 15.3. The van der Waals surface area contributed by atoms with Gasteiger partial charge in [-0.25, -0.2) is 4.85 Å². The van der Waals surface area contributed by atoms with Crippen LogP contribution in [-0.4, -0.2) is 15.9 Å². The fraction of sp³-hybridized carbons (Fsp3) is 0. The quantitative estimate of drug-likeness (QED) is 0.140. The van der Waals surface area contributed by atoms with Crippen LogP contribution in [0.3, 0.4) is 0 Å². The minimum atomic E-state index is -0.446. The molecule has 0 radical (unpaired) electrons. The van der Waals surface area contributed by atoms with Gasteiger partial charge in [0, 0.05) is 27.2 Å². The standard InChI is InChI=1S/C40H17BN6O/c1-45-25-17-24(21-44)38-30(18-25)29-16-22(19-42)15-23(20-43)37(29)47(38)41-31-9-3-4-11-33(31)46-34-14-13-27-26-7-2-5-12-35(26)48-40(27)36(34)28-8-6-10-32(41)39(28)46/h2-18H. The second kappa shape index (κ2) is 9.15. The summed E-state index contributed by atoms with van der Waals surface area (Å²) in [5.74, 6) is 0. The third kappa shape index (κ3) is 3.09. The highest BCUT2D eigenvalue weighted by molar-refractivity contribution is 6.88. The van der Waals surface area contributed by atoms with Crippen LogP contribution in [-0.2, 0) is 0 Å². The molecule has 0 fully saturated rings. The molecular weight excluding hydrogens is 591 g/mol. The molecule has 0 N–H and O–H groups in total. The van der Waals surface area contributed by atoms with Crippen molar-refractivity contribution in [1.82, 2.24) is 9.05 Å². The van der Waals surface area contributed by atoms with Crippen LogP contribution >= 0.6 is 0 Å². The normalized spacial score (nSPS) is 12.0. The molecule has 1 aliphatic rings. The Kier molecular flexibility index (Phi) is 4.96. The van der Waals surface area contributed by atoms with Gasteiger partial charge >= 0.3 is 6.85 Å². The Morgan fingerprint density at radius 1 is 0.646 bits per heavy atom. The van der Waals surface area contributed by atoms with Crippen molar-refractivity contribution in [1.29, 1.82) is 15.8 Å². The van der Waals surface area contributed by atoms with E-state index in [0.717, 1.165) is 60.4 Å². The lowest BCUT2D eigenvalue weighted by Gasteiger charge is -2.28. The van der Waals surface area contributed by atoms with Gasteiger partial charge in [0.25, 0.3) is 0 Å². The molecule has 0 unspecified atom stereocenters. The zero-order valence-electron chi connectivity index (χ0n) is 25.0. The van der Waals surface area contributed by atoms with E-state index in [0.29, 0.717) is 44.2 Å². The summed E-state index contributed by atoms with van der Waals surface area (Å²) in [4.78, 5) is 3.65. The first-order chi connectivity index (χ1) is 23.6. The highest BCUT2D eigenvalue weighted by Gasteiger charge is 2.37. The molecule has 0 aliphatic carbocycles. The molecule has 6 aromatic carbocycles. The second-order valence-electron chi connectivity index (χ2n) is 12.1. The number of rotatable bonds is 1. The molecule has 4 heterocycles. The van der Waals surface area contributed by atoms with E-state index in [9.17, 15) is 15.8 Å². The molecule has 8 heteroatoms. The predicted octanol–water partition coefficient (Wildman–Crippen LogP) is 7.92. The Balaban J connectivity index is 1.43. The lowest BCUT2D eigenvalue weighted by atomic mass is 9.48. The number of furan rings is 1. The molecule has 0 amide bonds. The summed E-state index contributed by atoms with van der Waals surface area (Å²) in [5, 5.41) is 36.4. The van der Waals surface area contributed by atoms with Gasteiger partial charge in [0.1, 0.15) is 17.2 Å². The van der Waals surface area contributed by atoms with Gasteiger partial charge in [-0.15, -0.1) is 0 Å². The number of para-hydroxylation sites is 3. The van der Waals surface area contributed by atoms with E-state index < -0.39 is 6.85 Å². The Bertz CT molecular complexity index is 3040. The van der Waals surface area contributed by atoms with Gasteiger partial charge in [-0.05, 0) is 64.8 Å². The maximum absolute atomic E-state index is 10.5. The highest BCUT2D eigenvalue weighted by Crippen LogP contribution is 2.42. The van der Waals surface area contributed by atoms with Crippen LogP contribution in [0.5, 0.6) is 0 Å². The van der Waals surface area contributed by atoms with Crippen LogP contribution < -0.4 is 10.9 Å². The van der Waals surface area contributed by atoms with E-state index in [1.165, 1.54) is 0 Å². The Morgan fingerprint density at radius 2 is 1.38 bits per heavy atom. The van der Waals surface area contributed by atoms with Gasteiger partial charge in [-0.1, -0.05) is 54.6 Å². The third-order valence-electron chi connectivity index (χ3n) is 9.83. The lowest BCUT2D eigenvalue weighted by molar-refractivity contribution is 0.673. The Labute approximate surface area is 272 Å². The summed E-state index contributed by atoms with van der Waals surface area (Å²) >= 11 is 0. The summed E-state index contributed by atoms with van der Waals surface area (Å²) < 4.78 is 10.9. The van der Waals surface area contributed by atoms with Crippen LogP contribution in [0.15, 0.2) is 108 Å². The fourth-order valence-electron chi connectivity index (χ4n) is 8.05. The number of fused-ring (bicyclic) bond motifs is 12. The van der Waals surface area contributed by atoms with Crippen LogP contribution in [0.4, 0.5) is 5.69 Å². The van der Waals surface area contributed by atoms with Crippen molar-refractivity contribution in [2.45, 2.75) is 0 Å². The van der Waals surface area contributed by atoms with E-state index in [1.807, 2.05) is 30.3 Å². The second-order valence-corrected chi connectivity index (χ2v) is 12.1. The molecule has 3 aromatic heterocycles. The molecule has 48 heavy (non-hydrogen) atoms. The number of aromatic nitrogens is 2. The van der Waals surface area contributed by atoms with Crippen molar-refractivity contribution in [2.24, 2.45) is 0 Å². The number of nitrogens with zero attached hydrogens (tertiary/aromatic N) is 6. The average Bonchev–Trinajstić information content (AvgIpc) is 3.79. The molecule has 10 rings (SSSR count). The predicted molar refractivity (Wildman–Crippen MR) is 188 cm³/mol. The number of nitriles is 3. The molecule has 0 saturated heterocycles. The van der Waals surface area contributed by atoms with E-state index >= 15 is 0 Å². The molecule has 7 nitrogen and oxygen atoms in total. The van der Waals surface area contributed by atoms with Gasteiger partial charge < -0.3 is 13.5 Å². The lowest BCUT2D eigenvalue weighted by Crippen LogP contribution is -2.53. The summed E-state index contributed by atoms with van der Waals surface area (Å²) in [6.45, 7) is 7.31. The average molecular weight is 608 g/mol. The summed E-state index contributed by atoms with van der Waals surface area (Å²) in [5.41, 5.74) is 9.22. The molecule has 0 atom stereocenters. The molecular formula is C40H17BN6O. The molecule has 9 aromatic rings. The van der Waals surface area contributed by atoms with Gasteiger partial charge in [0.15, 0.2) is 5.69 Å². The smallest absolute Gasteiger partial charge is 0.332 e. The zero-order chi connectivity index (χ0) is 32.3. The van der Waals surface area contributed by atoms with Crippen molar-refractivity contribution in [3.05, 3.63) is 131 Å². The van der Waals surface area contributed by atoms with Crippen LogP contribution in [0.25, 0.3) is 76.1 Å². The Hall–Kier alpha value is -7.26. The van der Waals surface area contributed by atoms with Crippen LogP contribution in [0, 0.1) is 40.6 Å². The number of hydrogen-bond donors (Lipinski definition) is 0. The topological polar surface area (TPSA) is 98.7 Å². The minimum Gasteiger partial charge on any atom is -0.455 e. The molecule has 0 bridgehead atoms. The highest BCUT2D eigenvalue weighted by atomic mass is 16.3. The fourth-order valence-corrected chi connectivity index (χ4v) is 8.05. The SMILES string of the molecule is [C-]#[N+]c1cc(C#N)c2c(c1)c1cc(C#N)cc(C#N)c1n2B1c2ccccc2-n2c3ccc4c5ccccc5oc4c3c3cccc1c32. The molecule has 0 spiro atoms. The van der Waals surface area contributed by atoms with Crippen molar-refractivity contribution in [2.75, 3.05) is 0 Å². The van der Waals surface area contributed by atoms with E-state index in [4.69, 9.17) is 11.0 Å². The van der Waals surface area contributed by atoms with Gasteiger partial charge in [0.2, 0.25) is 0 Å². The third-order valence-corrected chi connectivity index (χ3v) is 9.83. The van der Waals surface area contributed by atoms with E-state index in [-0.39, 0.29) is 0 Å². The first kappa shape index (κ1) is 26.0. The largest absolute Gasteiger partial charge is 0.455 e.